The number of nitrogens with zero attached hydrogens (tertiary/aromatic N) is 1. The standard InChI is InChI=1S/C20H23N3S/c1-15-20(16(2)23-22-15)24-19-13-7-6-12-18(19)21-14-8-11-17-9-4-3-5-10-17/h3-16,20,22-23H,1-2H3/b11-8+,21-14?. The second kappa shape index (κ2) is 8.29. The lowest BCUT2D eigenvalue weighted by Crippen LogP contribution is -2.30. The van der Waals surface area contributed by atoms with Crippen molar-refractivity contribution in [2.45, 2.75) is 36.1 Å². The Bertz CT molecular complexity index is 702. The van der Waals surface area contributed by atoms with Crippen LogP contribution in [0.5, 0.6) is 0 Å². The zero-order chi connectivity index (χ0) is 16.8. The Morgan fingerprint density at radius 1 is 0.917 bits per heavy atom. The van der Waals surface area contributed by atoms with Gasteiger partial charge in [0, 0.05) is 28.4 Å². The van der Waals surface area contributed by atoms with Gasteiger partial charge in [-0.25, -0.2) is 0 Å². The number of hydrazine groups is 1. The summed E-state index contributed by atoms with van der Waals surface area (Å²) in [6.45, 7) is 4.42. The van der Waals surface area contributed by atoms with Crippen molar-refractivity contribution in [1.82, 2.24) is 10.9 Å². The van der Waals surface area contributed by atoms with Crippen molar-refractivity contribution in [3.8, 4) is 0 Å². The summed E-state index contributed by atoms with van der Waals surface area (Å²) in [4.78, 5) is 5.86. The minimum atomic E-state index is 0.431. The molecule has 4 heteroatoms. The van der Waals surface area contributed by atoms with Gasteiger partial charge in [0.25, 0.3) is 0 Å². The van der Waals surface area contributed by atoms with Crippen LogP contribution in [-0.2, 0) is 0 Å². The normalized spacial score (nSPS) is 24.2. The van der Waals surface area contributed by atoms with E-state index < -0.39 is 0 Å². The molecule has 124 valence electrons. The number of thioether (sulfide) groups is 1. The highest BCUT2D eigenvalue weighted by Crippen LogP contribution is 2.35. The number of aliphatic imine (C=N–C) groups is 1. The predicted octanol–water partition coefficient (Wildman–Crippen LogP) is 4.45. The Kier molecular flexibility index (Phi) is 5.86. The summed E-state index contributed by atoms with van der Waals surface area (Å²) in [5.41, 5.74) is 8.82. The largest absolute Gasteiger partial charge is 0.256 e. The molecule has 3 rings (SSSR count). The molecule has 24 heavy (non-hydrogen) atoms. The van der Waals surface area contributed by atoms with Crippen LogP contribution in [0.4, 0.5) is 5.69 Å². The van der Waals surface area contributed by atoms with E-state index in [2.05, 4.69) is 66.1 Å². The van der Waals surface area contributed by atoms with Crippen molar-refractivity contribution in [2.75, 3.05) is 0 Å². The van der Waals surface area contributed by atoms with Crippen LogP contribution < -0.4 is 10.9 Å². The minimum Gasteiger partial charge on any atom is -0.256 e. The molecule has 1 fully saturated rings. The van der Waals surface area contributed by atoms with Crippen LogP contribution in [0.25, 0.3) is 6.08 Å². The fourth-order valence-corrected chi connectivity index (χ4v) is 3.95. The fraction of sp³-hybridized carbons (Fsp3) is 0.250. The van der Waals surface area contributed by atoms with Gasteiger partial charge < -0.3 is 0 Å². The molecular weight excluding hydrogens is 314 g/mol. The number of nitrogens with one attached hydrogen (secondary N) is 2. The van der Waals surface area contributed by atoms with Crippen LogP contribution in [0.2, 0.25) is 0 Å². The molecule has 1 aliphatic rings. The molecule has 2 atom stereocenters. The van der Waals surface area contributed by atoms with Crippen LogP contribution in [0.1, 0.15) is 19.4 Å². The van der Waals surface area contributed by atoms with Crippen molar-refractivity contribution >= 4 is 29.7 Å². The van der Waals surface area contributed by atoms with Crippen LogP contribution in [0, 0.1) is 0 Å². The molecule has 1 aliphatic heterocycles. The molecule has 0 radical (unpaired) electrons. The molecule has 2 N–H and O–H groups in total. The highest BCUT2D eigenvalue weighted by molar-refractivity contribution is 8.00. The van der Waals surface area contributed by atoms with Gasteiger partial charge in [-0.1, -0.05) is 48.5 Å². The van der Waals surface area contributed by atoms with E-state index in [9.17, 15) is 0 Å². The highest BCUT2D eigenvalue weighted by atomic mass is 32.2. The first-order valence-electron chi connectivity index (χ1n) is 8.26. The number of hydrogen-bond acceptors (Lipinski definition) is 4. The summed E-state index contributed by atoms with van der Waals surface area (Å²) in [7, 11) is 0. The Morgan fingerprint density at radius 2 is 1.58 bits per heavy atom. The van der Waals surface area contributed by atoms with Crippen molar-refractivity contribution in [3.63, 3.8) is 0 Å². The number of allylic oxidation sites excluding steroid dienone is 1. The molecule has 2 aromatic rings. The first-order valence-corrected chi connectivity index (χ1v) is 9.14. The summed E-state index contributed by atoms with van der Waals surface area (Å²) >= 11 is 1.89. The molecule has 0 aliphatic carbocycles. The monoisotopic (exact) mass is 337 g/mol. The summed E-state index contributed by atoms with van der Waals surface area (Å²) < 4.78 is 0. The van der Waals surface area contributed by atoms with Gasteiger partial charge in [-0.15, -0.1) is 11.8 Å². The lowest BCUT2D eigenvalue weighted by molar-refractivity contribution is 0.567. The van der Waals surface area contributed by atoms with Gasteiger partial charge in [0.05, 0.1) is 5.69 Å². The third-order valence-corrected chi connectivity index (χ3v) is 5.73. The van der Waals surface area contributed by atoms with E-state index in [0.717, 1.165) is 5.69 Å². The molecule has 2 aromatic carbocycles. The van der Waals surface area contributed by atoms with Gasteiger partial charge in [-0.2, -0.15) is 0 Å². The second-order valence-corrected chi connectivity index (χ2v) is 7.18. The van der Waals surface area contributed by atoms with E-state index in [1.807, 2.05) is 48.3 Å². The van der Waals surface area contributed by atoms with Crippen molar-refractivity contribution in [3.05, 3.63) is 66.2 Å². The van der Waals surface area contributed by atoms with Crippen LogP contribution in [0.3, 0.4) is 0 Å². The van der Waals surface area contributed by atoms with Gasteiger partial charge in [0.15, 0.2) is 0 Å². The molecule has 3 nitrogen and oxygen atoms in total. The van der Waals surface area contributed by atoms with E-state index in [4.69, 9.17) is 0 Å². The summed E-state index contributed by atoms with van der Waals surface area (Å²) in [5, 5.41) is 0.487. The summed E-state index contributed by atoms with van der Waals surface area (Å²) in [5.74, 6) is 0. The number of benzene rings is 2. The zero-order valence-electron chi connectivity index (χ0n) is 14.0. The number of hydrogen-bond donors (Lipinski definition) is 2. The Morgan fingerprint density at radius 3 is 2.33 bits per heavy atom. The summed E-state index contributed by atoms with van der Waals surface area (Å²) in [6.07, 6.45) is 5.92. The van der Waals surface area contributed by atoms with Crippen LogP contribution in [0.15, 0.2) is 70.6 Å². The maximum Gasteiger partial charge on any atom is 0.0765 e. The highest BCUT2D eigenvalue weighted by Gasteiger charge is 2.30. The molecule has 0 aromatic heterocycles. The first kappa shape index (κ1) is 17.0. The molecule has 1 saturated heterocycles. The molecule has 0 bridgehead atoms. The van der Waals surface area contributed by atoms with Crippen molar-refractivity contribution in [1.29, 1.82) is 0 Å². The van der Waals surface area contributed by atoms with Crippen molar-refractivity contribution < 1.29 is 0 Å². The van der Waals surface area contributed by atoms with Crippen molar-refractivity contribution in [2.24, 2.45) is 4.99 Å². The molecular formula is C20H23N3S. The van der Waals surface area contributed by atoms with E-state index >= 15 is 0 Å². The Labute approximate surface area is 148 Å². The lowest BCUT2D eigenvalue weighted by Gasteiger charge is -2.18. The maximum atomic E-state index is 4.64. The van der Waals surface area contributed by atoms with Gasteiger partial charge in [0.2, 0.25) is 0 Å². The third-order valence-electron chi connectivity index (χ3n) is 4.04. The van der Waals surface area contributed by atoms with Gasteiger partial charge in [0.1, 0.15) is 0 Å². The van der Waals surface area contributed by atoms with Crippen LogP contribution >= 0.6 is 11.8 Å². The number of rotatable bonds is 5. The van der Waals surface area contributed by atoms with Gasteiger partial charge >= 0.3 is 0 Å². The molecule has 2 unspecified atom stereocenters. The lowest BCUT2D eigenvalue weighted by atomic mass is 10.2. The van der Waals surface area contributed by atoms with E-state index in [0.29, 0.717) is 17.3 Å². The van der Waals surface area contributed by atoms with Gasteiger partial charge in [-0.05, 0) is 37.6 Å². The number of para-hydroxylation sites is 1. The SMILES string of the molecule is CC1NNC(C)C1Sc1ccccc1N=C/C=C/c1ccccc1. The maximum absolute atomic E-state index is 4.64. The van der Waals surface area contributed by atoms with E-state index in [-0.39, 0.29) is 0 Å². The topological polar surface area (TPSA) is 36.4 Å². The second-order valence-electron chi connectivity index (χ2n) is 5.96. The average molecular weight is 337 g/mol. The third kappa shape index (κ3) is 4.35. The zero-order valence-corrected chi connectivity index (χ0v) is 14.8. The van der Waals surface area contributed by atoms with E-state index in [1.54, 1.807) is 0 Å². The Balaban J connectivity index is 1.70. The quantitative estimate of drug-likeness (QED) is 0.792. The Hall–Kier alpha value is -1.88. The van der Waals surface area contributed by atoms with E-state index in [1.165, 1.54) is 10.5 Å². The smallest absolute Gasteiger partial charge is 0.0765 e. The predicted molar refractivity (Wildman–Crippen MR) is 105 cm³/mol. The van der Waals surface area contributed by atoms with Crippen LogP contribution in [-0.4, -0.2) is 23.5 Å². The minimum absolute atomic E-state index is 0.431. The van der Waals surface area contributed by atoms with Gasteiger partial charge in [-0.3, -0.25) is 15.8 Å². The first-order chi connectivity index (χ1) is 11.7. The average Bonchev–Trinajstić information content (AvgIpc) is 2.93. The molecule has 0 amide bonds. The molecule has 1 heterocycles. The molecule has 0 saturated carbocycles. The molecule has 0 spiro atoms. The summed E-state index contributed by atoms with van der Waals surface area (Å²) in [6, 6.07) is 19.4. The fourth-order valence-electron chi connectivity index (χ4n) is 2.72.